The monoisotopic (exact) mass is 250 g/mol. The summed E-state index contributed by atoms with van der Waals surface area (Å²) < 4.78 is 0. The second kappa shape index (κ2) is 4.56. The van der Waals surface area contributed by atoms with Crippen LogP contribution in [0.25, 0.3) is 0 Å². The van der Waals surface area contributed by atoms with Crippen LogP contribution in [0.15, 0.2) is 0 Å². The average molecular weight is 250 g/mol. The van der Waals surface area contributed by atoms with E-state index in [0.29, 0.717) is 5.92 Å². The fourth-order valence-electron chi connectivity index (χ4n) is 3.54. The Balaban J connectivity index is 1.73. The number of hydrogen-bond donors (Lipinski definition) is 1. The first-order valence-corrected chi connectivity index (χ1v) is 7.30. The molecule has 0 unspecified atom stereocenters. The van der Waals surface area contributed by atoms with E-state index < -0.39 is 5.54 Å². The molecule has 0 aromatic heterocycles. The Labute approximate surface area is 108 Å². The molecule has 1 aliphatic heterocycles. The molecule has 1 saturated heterocycles. The van der Waals surface area contributed by atoms with E-state index in [9.17, 15) is 9.59 Å². The third-order valence-electron chi connectivity index (χ3n) is 4.82. The van der Waals surface area contributed by atoms with E-state index in [1.807, 2.05) is 4.90 Å². The summed E-state index contributed by atoms with van der Waals surface area (Å²) >= 11 is 0. The molecule has 3 fully saturated rings. The number of hydrogen-bond acceptors (Lipinski definition) is 2. The molecule has 0 aromatic carbocycles. The molecule has 3 aliphatic rings. The van der Waals surface area contributed by atoms with E-state index in [0.717, 1.165) is 32.2 Å². The molecule has 4 nitrogen and oxygen atoms in total. The van der Waals surface area contributed by atoms with Gasteiger partial charge >= 0.3 is 0 Å². The average Bonchev–Trinajstić information content (AvgIpc) is 2.31. The van der Waals surface area contributed by atoms with Crippen molar-refractivity contribution in [2.24, 2.45) is 5.92 Å². The van der Waals surface area contributed by atoms with Crippen molar-refractivity contribution in [3.05, 3.63) is 0 Å². The highest BCUT2D eigenvalue weighted by Crippen LogP contribution is 2.34. The van der Waals surface area contributed by atoms with Crippen molar-refractivity contribution in [1.29, 1.82) is 0 Å². The Morgan fingerprint density at radius 1 is 1.11 bits per heavy atom. The maximum Gasteiger partial charge on any atom is 0.248 e. The predicted octanol–water partition coefficient (Wildman–Crippen LogP) is 1.45. The third-order valence-corrected chi connectivity index (χ3v) is 4.82. The lowest BCUT2D eigenvalue weighted by atomic mass is 9.78. The van der Waals surface area contributed by atoms with Crippen molar-refractivity contribution < 1.29 is 9.59 Å². The zero-order valence-electron chi connectivity index (χ0n) is 10.9. The maximum absolute atomic E-state index is 12.6. The number of piperazine rings is 1. The van der Waals surface area contributed by atoms with E-state index in [4.69, 9.17) is 0 Å². The van der Waals surface area contributed by atoms with Gasteiger partial charge in [0, 0.05) is 6.54 Å². The van der Waals surface area contributed by atoms with E-state index in [2.05, 4.69) is 5.32 Å². The molecule has 100 valence electrons. The van der Waals surface area contributed by atoms with Gasteiger partial charge in [0.25, 0.3) is 0 Å². The van der Waals surface area contributed by atoms with Gasteiger partial charge in [-0.1, -0.05) is 25.7 Å². The zero-order valence-corrected chi connectivity index (χ0v) is 10.9. The van der Waals surface area contributed by atoms with Gasteiger partial charge in [-0.25, -0.2) is 0 Å². The minimum Gasteiger partial charge on any atom is -0.340 e. The molecule has 0 bridgehead atoms. The molecule has 2 saturated carbocycles. The largest absolute Gasteiger partial charge is 0.340 e. The lowest BCUT2D eigenvalue weighted by Gasteiger charge is -2.45. The summed E-state index contributed by atoms with van der Waals surface area (Å²) in [6.07, 6.45) is 8.69. The Bertz CT molecular complexity index is 357. The van der Waals surface area contributed by atoms with Gasteiger partial charge in [-0.3, -0.25) is 9.59 Å². The number of carbonyl (C=O) groups is 2. The van der Waals surface area contributed by atoms with Crippen LogP contribution < -0.4 is 5.32 Å². The molecular weight excluding hydrogens is 228 g/mol. The smallest absolute Gasteiger partial charge is 0.248 e. The maximum atomic E-state index is 12.6. The predicted molar refractivity (Wildman–Crippen MR) is 67.9 cm³/mol. The number of carbonyl (C=O) groups excluding carboxylic acids is 2. The van der Waals surface area contributed by atoms with E-state index in [-0.39, 0.29) is 18.4 Å². The molecule has 1 heterocycles. The van der Waals surface area contributed by atoms with Crippen molar-refractivity contribution in [1.82, 2.24) is 10.2 Å². The molecule has 0 atom stereocenters. The molecule has 1 spiro atoms. The van der Waals surface area contributed by atoms with Crippen LogP contribution in [-0.4, -0.2) is 35.3 Å². The quantitative estimate of drug-likeness (QED) is 0.806. The van der Waals surface area contributed by atoms with E-state index in [1.54, 1.807) is 0 Å². The van der Waals surface area contributed by atoms with Gasteiger partial charge in [-0.2, -0.15) is 0 Å². The normalized spacial score (nSPS) is 28.1. The summed E-state index contributed by atoms with van der Waals surface area (Å²) in [5.41, 5.74) is -0.544. The van der Waals surface area contributed by atoms with Crippen LogP contribution in [0, 0.1) is 5.92 Å². The highest BCUT2D eigenvalue weighted by molar-refractivity contribution is 5.98. The number of amides is 2. The van der Waals surface area contributed by atoms with Crippen LogP contribution in [0.5, 0.6) is 0 Å². The zero-order chi connectivity index (χ0) is 12.6. The number of rotatable bonds is 2. The van der Waals surface area contributed by atoms with Gasteiger partial charge < -0.3 is 10.2 Å². The van der Waals surface area contributed by atoms with Crippen LogP contribution in [0.4, 0.5) is 0 Å². The second-order valence-electron chi connectivity index (χ2n) is 6.17. The van der Waals surface area contributed by atoms with Crippen LogP contribution in [-0.2, 0) is 9.59 Å². The standard InChI is InChI=1S/C14H22N2O2/c17-12-10-16(9-11-5-4-6-11)13(18)14(15-12)7-2-1-3-8-14/h11H,1-10H2,(H,15,17). The molecule has 4 heteroatoms. The molecule has 0 aromatic rings. The summed E-state index contributed by atoms with van der Waals surface area (Å²) in [6.45, 7) is 1.07. The van der Waals surface area contributed by atoms with Crippen LogP contribution in [0.3, 0.4) is 0 Å². The topological polar surface area (TPSA) is 49.4 Å². The molecule has 2 aliphatic carbocycles. The van der Waals surface area contributed by atoms with Crippen LogP contribution >= 0.6 is 0 Å². The lowest BCUT2D eigenvalue weighted by molar-refractivity contribution is -0.152. The molecular formula is C14H22N2O2. The first-order chi connectivity index (χ1) is 8.70. The van der Waals surface area contributed by atoms with E-state index in [1.165, 1.54) is 25.7 Å². The first-order valence-electron chi connectivity index (χ1n) is 7.30. The fraction of sp³-hybridized carbons (Fsp3) is 0.857. The number of nitrogens with one attached hydrogen (secondary N) is 1. The van der Waals surface area contributed by atoms with Crippen molar-refractivity contribution in [3.63, 3.8) is 0 Å². The van der Waals surface area contributed by atoms with Crippen molar-refractivity contribution in [3.8, 4) is 0 Å². The van der Waals surface area contributed by atoms with Gasteiger partial charge in [0.05, 0.1) is 6.54 Å². The van der Waals surface area contributed by atoms with Gasteiger partial charge in [0.2, 0.25) is 11.8 Å². The Morgan fingerprint density at radius 2 is 1.83 bits per heavy atom. The van der Waals surface area contributed by atoms with Gasteiger partial charge in [-0.15, -0.1) is 0 Å². The van der Waals surface area contributed by atoms with E-state index >= 15 is 0 Å². The Kier molecular flexibility index (Phi) is 3.04. The highest BCUT2D eigenvalue weighted by atomic mass is 16.2. The van der Waals surface area contributed by atoms with Crippen LogP contribution in [0.1, 0.15) is 51.4 Å². The van der Waals surface area contributed by atoms with Crippen molar-refractivity contribution in [2.75, 3.05) is 13.1 Å². The first kappa shape index (κ1) is 12.0. The summed E-state index contributed by atoms with van der Waals surface area (Å²) in [4.78, 5) is 26.3. The van der Waals surface area contributed by atoms with Crippen LogP contribution in [0.2, 0.25) is 0 Å². The summed E-state index contributed by atoms with van der Waals surface area (Å²) in [5, 5.41) is 2.99. The molecule has 2 amide bonds. The molecule has 1 N–H and O–H groups in total. The molecule has 0 radical (unpaired) electrons. The Hall–Kier alpha value is -1.06. The summed E-state index contributed by atoms with van der Waals surface area (Å²) in [5.74, 6) is 0.866. The minimum absolute atomic E-state index is 0.0378. The van der Waals surface area contributed by atoms with Crippen molar-refractivity contribution >= 4 is 11.8 Å². The fourth-order valence-corrected chi connectivity index (χ4v) is 3.54. The second-order valence-corrected chi connectivity index (χ2v) is 6.17. The summed E-state index contributed by atoms with van der Waals surface area (Å²) in [7, 11) is 0. The molecule has 18 heavy (non-hydrogen) atoms. The van der Waals surface area contributed by atoms with Gasteiger partial charge in [-0.05, 0) is 31.6 Å². The van der Waals surface area contributed by atoms with Crippen molar-refractivity contribution in [2.45, 2.75) is 56.9 Å². The lowest BCUT2D eigenvalue weighted by Crippen LogP contribution is -2.67. The number of nitrogens with zero attached hydrogens (tertiary/aromatic N) is 1. The highest BCUT2D eigenvalue weighted by Gasteiger charge is 2.47. The van der Waals surface area contributed by atoms with Gasteiger partial charge in [0.1, 0.15) is 5.54 Å². The minimum atomic E-state index is -0.544. The summed E-state index contributed by atoms with van der Waals surface area (Å²) in [6, 6.07) is 0. The third kappa shape index (κ3) is 2.02. The van der Waals surface area contributed by atoms with Gasteiger partial charge in [0.15, 0.2) is 0 Å². The molecule has 3 rings (SSSR count). The Morgan fingerprint density at radius 3 is 2.44 bits per heavy atom. The SMILES string of the molecule is O=C1CN(CC2CCC2)C(=O)C2(CCCCC2)N1.